The SMILES string of the molecule is COCCCNC(=O)C(=O)Nc1ccc(F)cc1. The van der Waals surface area contributed by atoms with Gasteiger partial charge in [0.15, 0.2) is 0 Å². The van der Waals surface area contributed by atoms with Crippen molar-refractivity contribution in [3.05, 3.63) is 30.1 Å². The number of nitrogens with one attached hydrogen (secondary N) is 2. The summed E-state index contributed by atoms with van der Waals surface area (Å²) in [6.07, 6.45) is 0.631. The Morgan fingerprint density at radius 3 is 2.50 bits per heavy atom. The minimum absolute atomic E-state index is 0.365. The molecule has 0 saturated carbocycles. The molecule has 0 fully saturated rings. The van der Waals surface area contributed by atoms with E-state index in [9.17, 15) is 14.0 Å². The number of anilines is 1. The molecule has 0 aliphatic carbocycles. The fraction of sp³-hybridized carbons (Fsp3) is 0.333. The summed E-state index contributed by atoms with van der Waals surface area (Å²) < 4.78 is 17.4. The quantitative estimate of drug-likeness (QED) is 0.606. The van der Waals surface area contributed by atoms with E-state index in [1.807, 2.05) is 0 Å². The molecular formula is C12H15FN2O3. The number of carbonyl (C=O) groups excluding carboxylic acids is 2. The highest BCUT2D eigenvalue weighted by atomic mass is 19.1. The Hall–Kier alpha value is -1.95. The van der Waals surface area contributed by atoms with E-state index in [4.69, 9.17) is 4.74 Å². The van der Waals surface area contributed by atoms with Gasteiger partial charge in [0.05, 0.1) is 0 Å². The lowest BCUT2D eigenvalue weighted by molar-refractivity contribution is -0.136. The molecule has 98 valence electrons. The molecule has 5 nitrogen and oxygen atoms in total. The normalized spacial score (nSPS) is 9.89. The van der Waals surface area contributed by atoms with Crippen LogP contribution in [0.2, 0.25) is 0 Å². The third-order valence-electron chi connectivity index (χ3n) is 2.12. The molecule has 2 amide bonds. The summed E-state index contributed by atoms with van der Waals surface area (Å²) in [5.41, 5.74) is 0.369. The van der Waals surface area contributed by atoms with Crippen molar-refractivity contribution < 1.29 is 18.7 Å². The van der Waals surface area contributed by atoms with Gasteiger partial charge in [-0.1, -0.05) is 0 Å². The molecule has 0 unspecified atom stereocenters. The maximum atomic E-state index is 12.6. The molecule has 0 spiro atoms. The highest BCUT2D eigenvalue weighted by Gasteiger charge is 2.12. The summed E-state index contributed by atoms with van der Waals surface area (Å²) in [5.74, 6) is -1.91. The van der Waals surface area contributed by atoms with Crippen LogP contribution >= 0.6 is 0 Å². The van der Waals surface area contributed by atoms with Crippen molar-refractivity contribution in [2.75, 3.05) is 25.6 Å². The van der Waals surface area contributed by atoms with Crippen LogP contribution in [-0.4, -0.2) is 32.1 Å². The van der Waals surface area contributed by atoms with Crippen molar-refractivity contribution in [3.8, 4) is 0 Å². The van der Waals surface area contributed by atoms with Crippen molar-refractivity contribution in [2.45, 2.75) is 6.42 Å². The van der Waals surface area contributed by atoms with E-state index in [0.717, 1.165) is 0 Å². The monoisotopic (exact) mass is 254 g/mol. The minimum atomic E-state index is -0.779. The molecule has 1 aromatic carbocycles. The van der Waals surface area contributed by atoms with Gasteiger partial charge in [0.2, 0.25) is 0 Å². The van der Waals surface area contributed by atoms with Crippen LogP contribution in [0, 0.1) is 5.82 Å². The molecule has 2 N–H and O–H groups in total. The predicted octanol–water partition coefficient (Wildman–Crippen LogP) is 0.917. The van der Waals surface area contributed by atoms with Gasteiger partial charge in [-0.2, -0.15) is 0 Å². The van der Waals surface area contributed by atoms with Gasteiger partial charge in [0.25, 0.3) is 0 Å². The Bertz CT molecular complexity index is 406. The van der Waals surface area contributed by atoms with Crippen molar-refractivity contribution in [3.63, 3.8) is 0 Å². The average Bonchev–Trinajstić information content (AvgIpc) is 2.37. The number of methoxy groups -OCH3 is 1. The zero-order valence-electron chi connectivity index (χ0n) is 10.0. The third kappa shape index (κ3) is 4.92. The van der Waals surface area contributed by atoms with Crippen LogP contribution in [0.3, 0.4) is 0 Å². The van der Waals surface area contributed by atoms with E-state index in [0.29, 0.717) is 25.3 Å². The second-order valence-electron chi connectivity index (χ2n) is 3.56. The summed E-state index contributed by atoms with van der Waals surface area (Å²) in [4.78, 5) is 22.8. The van der Waals surface area contributed by atoms with Crippen LogP contribution in [0.15, 0.2) is 24.3 Å². The van der Waals surface area contributed by atoms with Crippen LogP contribution in [0.4, 0.5) is 10.1 Å². The smallest absolute Gasteiger partial charge is 0.313 e. The Morgan fingerprint density at radius 2 is 1.89 bits per heavy atom. The minimum Gasteiger partial charge on any atom is -0.385 e. The van der Waals surface area contributed by atoms with E-state index in [-0.39, 0.29) is 0 Å². The van der Waals surface area contributed by atoms with E-state index in [1.165, 1.54) is 24.3 Å². The van der Waals surface area contributed by atoms with E-state index in [2.05, 4.69) is 10.6 Å². The van der Waals surface area contributed by atoms with Gasteiger partial charge in [-0.05, 0) is 30.7 Å². The number of rotatable bonds is 5. The Balaban J connectivity index is 2.35. The Morgan fingerprint density at radius 1 is 1.22 bits per heavy atom. The first-order valence-electron chi connectivity index (χ1n) is 5.47. The molecule has 6 heteroatoms. The highest BCUT2D eigenvalue weighted by molar-refractivity contribution is 6.39. The topological polar surface area (TPSA) is 67.4 Å². The fourth-order valence-corrected chi connectivity index (χ4v) is 1.22. The third-order valence-corrected chi connectivity index (χ3v) is 2.12. The van der Waals surface area contributed by atoms with Crippen molar-refractivity contribution in [1.82, 2.24) is 5.32 Å². The number of halogens is 1. The summed E-state index contributed by atoms with van der Waals surface area (Å²) in [7, 11) is 1.56. The van der Waals surface area contributed by atoms with Gasteiger partial charge in [-0.25, -0.2) is 4.39 Å². The first-order chi connectivity index (χ1) is 8.63. The molecule has 0 aliphatic heterocycles. The van der Waals surface area contributed by atoms with Crippen LogP contribution in [-0.2, 0) is 14.3 Å². The van der Waals surface area contributed by atoms with Gasteiger partial charge < -0.3 is 15.4 Å². The Labute approximate surface area is 104 Å². The van der Waals surface area contributed by atoms with E-state index >= 15 is 0 Å². The van der Waals surface area contributed by atoms with Gasteiger partial charge in [0.1, 0.15) is 5.82 Å². The molecule has 1 aromatic rings. The Kier molecular flexibility index (Phi) is 5.79. The van der Waals surface area contributed by atoms with Crippen LogP contribution in [0.25, 0.3) is 0 Å². The maximum absolute atomic E-state index is 12.6. The van der Waals surface area contributed by atoms with E-state index < -0.39 is 17.6 Å². The number of carbonyl (C=O) groups is 2. The van der Waals surface area contributed by atoms with Gasteiger partial charge in [-0.3, -0.25) is 9.59 Å². The van der Waals surface area contributed by atoms with Crippen LogP contribution in [0.5, 0.6) is 0 Å². The van der Waals surface area contributed by atoms with E-state index in [1.54, 1.807) is 7.11 Å². The number of hydrogen-bond donors (Lipinski definition) is 2. The number of amides is 2. The molecule has 0 radical (unpaired) electrons. The lowest BCUT2D eigenvalue weighted by atomic mass is 10.3. The van der Waals surface area contributed by atoms with Crippen LogP contribution in [0.1, 0.15) is 6.42 Å². The molecule has 0 atom stereocenters. The molecular weight excluding hydrogens is 239 g/mol. The average molecular weight is 254 g/mol. The first kappa shape index (κ1) is 14.1. The molecule has 0 aliphatic rings. The summed E-state index contributed by atoms with van der Waals surface area (Å²) in [6, 6.07) is 5.16. The van der Waals surface area contributed by atoms with Crippen molar-refractivity contribution >= 4 is 17.5 Å². The first-order valence-corrected chi connectivity index (χ1v) is 5.47. The highest BCUT2D eigenvalue weighted by Crippen LogP contribution is 2.07. The maximum Gasteiger partial charge on any atom is 0.313 e. The second-order valence-corrected chi connectivity index (χ2v) is 3.56. The summed E-state index contributed by atoms with van der Waals surface area (Å²) >= 11 is 0. The van der Waals surface area contributed by atoms with Crippen molar-refractivity contribution in [2.24, 2.45) is 0 Å². The summed E-state index contributed by atoms with van der Waals surface area (Å²) in [6.45, 7) is 0.878. The molecule has 0 heterocycles. The zero-order chi connectivity index (χ0) is 13.4. The largest absolute Gasteiger partial charge is 0.385 e. The van der Waals surface area contributed by atoms with Crippen LogP contribution < -0.4 is 10.6 Å². The van der Waals surface area contributed by atoms with Gasteiger partial charge in [-0.15, -0.1) is 0 Å². The number of benzene rings is 1. The van der Waals surface area contributed by atoms with Gasteiger partial charge >= 0.3 is 11.8 Å². The number of ether oxygens (including phenoxy) is 1. The molecule has 0 aromatic heterocycles. The lowest BCUT2D eigenvalue weighted by Gasteiger charge is -2.06. The summed E-state index contributed by atoms with van der Waals surface area (Å²) in [5, 5.41) is 4.80. The lowest BCUT2D eigenvalue weighted by Crippen LogP contribution is -2.36. The number of hydrogen-bond acceptors (Lipinski definition) is 3. The van der Waals surface area contributed by atoms with Gasteiger partial charge in [0, 0.05) is 25.9 Å². The molecule has 0 saturated heterocycles. The predicted molar refractivity (Wildman–Crippen MR) is 64.5 cm³/mol. The van der Waals surface area contributed by atoms with Crippen molar-refractivity contribution in [1.29, 1.82) is 0 Å². The molecule has 0 bridgehead atoms. The standard InChI is InChI=1S/C12H15FN2O3/c1-18-8-2-7-14-11(16)12(17)15-10-5-3-9(13)4-6-10/h3-6H,2,7-8H2,1H3,(H,14,16)(H,15,17). The fourth-order valence-electron chi connectivity index (χ4n) is 1.22. The molecule has 18 heavy (non-hydrogen) atoms. The molecule has 1 rings (SSSR count). The second kappa shape index (κ2) is 7.39. The zero-order valence-corrected chi connectivity index (χ0v) is 10.0.